The zero-order valence-corrected chi connectivity index (χ0v) is 16.2. The molecule has 0 N–H and O–H groups in total. The summed E-state index contributed by atoms with van der Waals surface area (Å²) in [5, 5.41) is 0.662. The third-order valence-electron chi connectivity index (χ3n) is 3.19. The molecule has 0 aliphatic rings. The minimum absolute atomic E-state index is 0.160. The van der Waals surface area contributed by atoms with E-state index in [1.165, 1.54) is 22.3 Å². The SMILES string of the molecule is CCN(c1ccccc1)S(=O)(=O)c1ccc(SC(=S)N(C)C)nc1. The Morgan fingerprint density at radius 3 is 2.33 bits per heavy atom. The first kappa shape index (κ1) is 18.7. The molecule has 0 saturated carbocycles. The van der Waals surface area contributed by atoms with Crippen LogP contribution in [0.4, 0.5) is 5.69 Å². The number of pyridine rings is 1. The number of sulfonamides is 1. The Morgan fingerprint density at radius 2 is 1.83 bits per heavy atom. The van der Waals surface area contributed by atoms with E-state index in [4.69, 9.17) is 12.2 Å². The molecule has 0 atom stereocenters. The molecular formula is C16H19N3O2S3. The van der Waals surface area contributed by atoms with E-state index >= 15 is 0 Å². The lowest BCUT2D eigenvalue weighted by Crippen LogP contribution is -2.30. The first-order valence-corrected chi connectivity index (χ1v) is 9.95. The Labute approximate surface area is 152 Å². The van der Waals surface area contributed by atoms with Crippen LogP contribution in [0.15, 0.2) is 58.6 Å². The molecule has 5 nitrogen and oxygen atoms in total. The van der Waals surface area contributed by atoms with Crippen molar-refractivity contribution < 1.29 is 8.42 Å². The Bertz CT molecular complexity index is 791. The van der Waals surface area contributed by atoms with Crippen molar-refractivity contribution in [1.82, 2.24) is 9.88 Å². The summed E-state index contributed by atoms with van der Waals surface area (Å²) in [6.07, 6.45) is 1.38. The Hall–Kier alpha value is -1.64. The lowest BCUT2D eigenvalue weighted by Gasteiger charge is -2.22. The van der Waals surface area contributed by atoms with Crippen LogP contribution in [0.2, 0.25) is 0 Å². The minimum atomic E-state index is -3.65. The lowest BCUT2D eigenvalue weighted by molar-refractivity contribution is 0.591. The van der Waals surface area contributed by atoms with Crippen LogP contribution in [0.5, 0.6) is 0 Å². The van der Waals surface area contributed by atoms with Crippen molar-refractivity contribution >= 4 is 44.0 Å². The number of aromatic nitrogens is 1. The molecule has 128 valence electrons. The smallest absolute Gasteiger partial charge is 0.265 e. The first-order chi connectivity index (χ1) is 11.4. The second-order valence-electron chi connectivity index (χ2n) is 5.10. The van der Waals surface area contributed by atoms with Gasteiger partial charge in [-0.3, -0.25) is 4.31 Å². The molecule has 1 aromatic carbocycles. The number of benzene rings is 1. The predicted molar refractivity (Wildman–Crippen MR) is 103 cm³/mol. The van der Waals surface area contributed by atoms with Crippen molar-refractivity contribution in [3.05, 3.63) is 48.7 Å². The van der Waals surface area contributed by atoms with Crippen LogP contribution < -0.4 is 4.31 Å². The summed E-state index contributed by atoms with van der Waals surface area (Å²) in [6.45, 7) is 2.14. The fraction of sp³-hybridized carbons (Fsp3) is 0.250. The number of hydrogen-bond donors (Lipinski definition) is 0. The summed E-state index contributed by atoms with van der Waals surface area (Å²) >= 11 is 6.53. The molecule has 0 fully saturated rings. The summed E-state index contributed by atoms with van der Waals surface area (Å²) in [5.74, 6) is 0. The zero-order chi connectivity index (χ0) is 17.7. The highest BCUT2D eigenvalue weighted by molar-refractivity contribution is 8.22. The molecular weight excluding hydrogens is 362 g/mol. The number of nitrogens with zero attached hydrogens (tertiary/aromatic N) is 3. The lowest BCUT2D eigenvalue weighted by atomic mass is 10.3. The van der Waals surface area contributed by atoms with E-state index in [0.29, 0.717) is 21.6 Å². The second kappa shape index (κ2) is 7.96. The highest BCUT2D eigenvalue weighted by Gasteiger charge is 2.23. The molecule has 24 heavy (non-hydrogen) atoms. The fourth-order valence-electron chi connectivity index (χ4n) is 1.97. The van der Waals surface area contributed by atoms with E-state index in [1.54, 1.807) is 36.1 Å². The molecule has 1 heterocycles. The van der Waals surface area contributed by atoms with E-state index < -0.39 is 10.0 Å². The fourth-order valence-corrected chi connectivity index (χ4v) is 4.25. The van der Waals surface area contributed by atoms with Crippen LogP contribution in [0.1, 0.15) is 6.92 Å². The molecule has 0 aliphatic carbocycles. The number of rotatable bonds is 5. The van der Waals surface area contributed by atoms with Gasteiger partial charge in [-0.1, -0.05) is 30.4 Å². The largest absolute Gasteiger partial charge is 0.363 e. The molecule has 2 aromatic rings. The maximum absolute atomic E-state index is 12.9. The molecule has 0 aliphatic heterocycles. The van der Waals surface area contributed by atoms with Crippen LogP contribution in [-0.4, -0.2) is 43.3 Å². The molecule has 0 spiro atoms. The predicted octanol–water partition coefficient (Wildman–Crippen LogP) is 3.24. The number of anilines is 1. The van der Waals surface area contributed by atoms with Crippen molar-refractivity contribution in [2.24, 2.45) is 0 Å². The molecule has 0 bridgehead atoms. The monoisotopic (exact) mass is 381 g/mol. The van der Waals surface area contributed by atoms with Gasteiger partial charge in [0.1, 0.15) is 14.2 Å². The van der Waals surface area contributed by atoms with Gasteiger partial charge in [0.05, 0.1) is 5.69 Å². The van der Waals surface area contributed by atoms with Gasteiger partial charge in [-0.25, -0.2) is 13.4 Å². The van der Waals surface area contributed by atoms with E-state index in [2.05, 4.69) is 4.98 Å². The van der Waals surface area contributed by atoms with Crippen molar-refractivity contribution in [2.45, 2.75) is 16.8 Å². The summed E-state index contributed by atoms with van der Waals surface area (Å²) in [7, 11) is 0.0612. The zero-order valence-electron chi connectivity index (χ0n) is 13.7. The van der Waals surface area contributed by atoms with Crippen LogP contribution in [0.25, 0.3) is 0 Å². The maximum atomic E-state index is 12.9. The molecule has 0 unspecified atom stereocenters. The average Bonchev–Trinajstić information content (AvgIpc) is 2.56. The number of thioether (sulfide) groups is 1. The van der Waals surface area contributed by atoms with Gasteiger partial charge in [0.25, 0.3) is 10.0 Å². The van der Waals surface area contributed by atoms with Crippen LogP contribution in [-0.2, 0) is 10.0 Å². The van der Waals surface area contributed by atoms with E-state index in [-0.39, 0.29) is 4.90 Å². The van der Waals surface area contributed by atoms with Gasteiger partial charge in [-0.2, -0.15) is 0 Å². The van der Waals surface area contributed by atoms with Crippen molar-refractivity contribution in [2.75, 3.05) is 24.9 Å². The Morgan fingerprint density at radius 1 is 1.17 bits per heavy atom. The third-order valence-corrected chi connectivity index (χ3v) is 6.68. The maximum Gasteiger partial charge on any atom is 0.265 e. The van der Waals surface area contributed by atoms with Crippen LogP contribution in [0, 0.1) is 0 Å². The Kier molecular flexibility index (Phi) is 6.20. The second-order valence-corrected chi connectivity index (χ2v) is 8.62. The highest BCUT2D eigenvalue weighted by Crippen LogP contribution is 2.25. The van der Waals surface area contributed by atoms with Gasteiger partial charge in [-0.05, 0) is 43.0 Å². The highest BCUT2D eigenvalue weighted by atomic mass is 32.2. The standard InChI is InChI=1S/C16H19N3O2S3/c1-4-19(13-8-6-5-7-9-13)24(20,21)14-10-11-15(17-12-14)23-16(22)18(2)3/h5-12H,4H2,1-3H3. The van der Waals surface area contributed by atoms with Crippen molar-refractivity contribution in [3.8, 4) is 0 Å². The molecule has 0 saturated heterocycles. The molecule has 2 rings (SSSR count). The van der Waals surface area contributed by atoms with Gasteiger partial charge in [0.2, 0.25) is 0 Å². The number of hydrogen-bond acceptors (Lipinski definition) is 5. The molecule has 8 heteroatoms. The minimum Gasteiger partial charge on any atom is -0.363 e. The van der Waals surface area contributed by atoms with Crippen molar-refractivity contribution in [3.63, 3.8) is 0 Å². The van der Waals surface area contributed by atoms with E-state index in [1.807, 2.05) is 32.3 Å². The van der Waals surface area contributed by atoms with Gasteiger partial charge >= 0.3 is 0 Å². The number of thiocarbonyl (C=S) groups is 1. The molecule has 0 radical (unpaired) electrons. The van der Waals surface area contributed by atoms with Gasteiger partial charge in [0.15, 0.2) is 0 Å². The molecule has 0 amide bonds. The summed E-state index contributed by atoms with van der Waals surface area (Å²) in [5.41, 5.74) is 0.632. The average molecular weight is 382 g/mol. The topological polar surface area (TPSA) is 53.5 Å². The summed E-state index contributed by atoms with van der Waals surface area (Å²) in [6, 6.07) is 12.3. The van der Waals surface area contributed by atoms with E-state index in [0.717, 1.165) is 0 Å². The first-order valence-electron chi connectivity index (χ1n) is 7.29. The summed E-state index contributed by atoms with van der Waals surface area (Å²) in [4.78, 5) is 6.19. The van der Waals surface area contributed by atoms with Gasteiger partial charge in [0, 0.05) is 26.8 Å². The van der Waals surface area contributed by atoms with Crippen LogP contribution >= 0.6 is 24.0 Å². The quantitative estimate of drug-likeness (QED) is 0.585. The molecule has 1 aromatic heterocycles. The number of para-hydroxylation sites is 1. The van der Waals surface area contributed by atoms with Crippen molar-refractivity contribution in [1.29, 1.82) is 0 Å². The van der Waals surface area contributed by atoms with E-state index in [9.17, 15) is 8.42 Å². The Balaban J connectivity index is 2.27. The van der Waals surface area contributed by atoms with Gasteiger partial charge < -0.3 is 4.90 Å². The third kappa shape index (κ3) is 4.25. The van der Waals surface area contributed by atoms with Gasteiger partial charge in [-0.15, -0.1) is 0 Å². The summed E-state index contributed by atoms with van der Waals surface area (Å²) < 4.78 is 27.7. The van der Waals surface area contributed by atoms with Crippen LogP contribution in [0.3, 0.4) is 0 Å². The normalized spacial score (nSPS) is 11.1.